The number of nitrogens with zero attached hydrogens (tertiary/aromatic N) is 2. The van der Waals surface area contributed by atoms with Gasteiger partial charge in [0.25, 0.3) is 11.7 Å². The van der Waals surface area contributed by atoms with Gasteiger partial charge >= 0.3 is 0 Å². The van der Waals surface area contributed by atoms with Crippen molar-refractivity contribution < 1.29 is 14.4 Å². The van der Waals surface area contributed by atoms with Gasteiger partial charge in [-0.05, 0) is 49.5 Å². The number of ketones is 1. The number of Topliss-reactive ketones (excluding diaryl/α,β-unsaturated/α-hetero) is 1. The Morgan fingerprint density at radius 3 is 2.52 bits per heavy atom. The summed E-state index contributed by atoms with van der Waals surface area (Å²) in [7, 11) is 0. The maximum atomic E-state index is 13.1. The summed E-state index contributed by atoms with van der Waals surface area (Å²) in [5, 5.41) is 3.71. The third kappa shape index (κ3) is 4.68. The summed E-state index contributed by atoms with van der Waals surface area (Å²) in [6.07, 6.45) is 6.66. The summed E-state index contributed by atoms with van der Waals surface area (Å²) >= 11 is 0. The Morgan fingerprint density at radius 1 is 1.10 bits per heavy atom. The van der Waals surface area contributed by atoms with Crippen LogP contribution in [0.1, 0.15) is 63.2 Å². The number of hydrogen-bond donors (Lipinski definition) is 1. The van der Waals surface area contributed by atoms with Crippen LogP contribution in [0.15, 0.2) is 30.5 Å². The van der Waals surface area contributed by atoms with Gasteiger partial charge in [-0.1, -0.05) is 39.0 Å². The molecule has 1 aliphatic heterocycles. The third-order valence-electron chi connectivity index (χ3n) is 6.73. The van der Waals surface area contributed by atoms with Crippen molar-refractivity contribution in [3.8, 4) is 0 Å². The largest absolute Gasteiger partial charge is 0.346 e. The van der Waals surface area contributed by atoms with E-state index in [4.69, 9.17) is 0 Å². The molecule has 1 aliphatic carbocycles. The lowest BCUT2D eigenvalue weighted by Gasteiger charge is -2.39. The number of amides is 2. The van der Waals surface area contributed by atoms with Crippen LogP contribution >= 0.6 is 0 Å². The average Bonchev–Trinajstić information content (AvgIpc) is 3.34. The molecule has 1 N–H and O–H groups in total. The van der Waals surface area contributed by atoms with Crippen molar-refractivity contribution in [1.82, 2.24) is 14.8 Å². The minimum atomic E-state index is -0.552. The van der Waals surface area contributed by atoms with Crippen molar-refractivity contribution in [3.63, 3.8) is 0 Å². The Kier molecular flexibility index (Phi) is 5.91. The molecule has 4 rings (SSSR count). The topological polar surface area (TPSA) is 71.4 Å². The summed E-state index contributed by atoms with van der Waals surface area (Å²) < 4.78 is 1.81. The Labute approximate surface area is 184 Å². The monoisotopic (exact) mass is 423 g/mol. The van der Waals surface area contributed by atoms with E-state index in [0.29, 0.717) is 16.9 Å². The molecule has 2 aliphatic rings. The van der Waals surface area contributed by atoms with Crippen molar-refractivity contribution in [1.29, 1.82) is 0 Å². The maximum Gasteiger partial charge on any atom is 0.292 e. The van der Waals surface area contributed by atoms with E-state index in [-0.39, 0.29) is 23.9 Å². The van der Waals surface area contributed by atoms with E-state index in [1.165, 1.54) is 0 Å². The molecule has 1 saturated carbocycles. The van der Waals surface area contributed by atoms with Crippen LogP contribution in [0.4, 0.5) is 0 Å². The standard InChI is InChI=1S/C25H33N3O3/c1-17-12-18(14-25(2,3)13-17)26-24(31)23(30)20-15-28(21-9-5-4-8-19(20)21)16-22(29)27-10-6-7-11-27/h4-5,8-9,15,17-18H,6-7,10-14,16H2,1-3H3,(H,26,31). The summed E-state index contributed by atoms with van der Waals surface area (Å²) in [4.78, 5) is 40.5. The summed E-state index contributed by atoms with van der Waals surface area (Å²) in [6, 6.07) is 7.50. The molecular weight excluding hydrogens is 390 g/mol. The van der Waals surface area contributed by atoms with E-state index in [9.17, 15) is 14.4 Å². The minimum absolute atomic E-state index is 0.0142. The molecule has 2 aromatic rings. The van der Waals surface area contributed by atoms with E-state index in [1.807, 2.05) is 33.7 Å². The number of rotatable bonds is 5. The van der Waals surface area contributed by atoms with Gasteiger partial charge in [0.15, 0.2) is 0 Å². The molecule has 0 bridgehead atoms. The van der Waals surface area contributed by atoms with Crippen LogP contribution in [0.25, 0.3) is 10.9 Å². The Hall–Kier alpha value is -2.63. The number of fused-ring (bicyclic) bond motifs is 1. The van der Waals surface area contributed by atoms with Gasteiger partial charge in [0.05, 0.1) is 5.56 Å². The zero-order chi connectivity index (χ0) is 22.2. The van der Waals surface area contributed by atoms with Gasteiger partial charge in [0.2, 0.25) is 5.91 Å². The van der Waals surface area contributed by atoms with E-state index in [1.54, 1.807) is 6.20 Å². The number of hydrogen-bond acceptors (Lipinski definition) is 3. The number of benzene rings is 1. The van der Waals surface area contributed by atoms with Crippen LogP contribution < -0.4 is 5.32 Å². The fraction of sp³-hybridized carbons (Fsp3) is 0.560. The Bertz CT molecular complexity index is 1000. The average molecular weight is 424 g/mol. The third-order valence-corrected chi connectivity index (χ3v) is 6.73. The molecule has 1 aromatic carbocycles. The predicted octanol–water partition coefficient (Wildman–Crippen LogP) is 3.78. The lowest BCUT2D eigenvalue weighted by Crippen LogP contribution is -2.45. The van der Waals surface area contributed by atoms with Crippen molar-refractivity contribution in [3.05, 3.63) is 36.0 Å². The second-order valence-electron chi connectivity index (χ2n) is 10.2. The molecule has 2 fully saturated rings. The molecular formula is C25H33N3O3. The molecule has 2 atom stereocenters. The van der Waals surface area contributed by atoms with E-state index in [2.05, 4.69) is 26.1 Å². The molecule has 0 spiro atoms. The van der Waals surface area contributed by atoms with Gasteiger partial charge in [-0.25, -0.2) is 0 Å². The number of nitrogens with one attached hydrogen (secondary N) is 1. The lowest BCUT2D eigenvalue weighted by molar-refractivity contribution is -0.130. The highest BCUT2D eigenvalue weighted by Crippen LogP contribution is 2.38. The van der Waals surface area contributed by atoms with Gasteiger partial charge in [-0.3, -0.25) is 14.4 Å². The Balaban J connectivity index is 1.53. The van der Waals surface area contributed by atoms with E-state index >= 15 is 0 Å². The first-order valence-electron chi connectivity index (χ1n) is 11.4. The maximum absolute atomic E-state index is 13.1. The zero-order valence-electron chi connectivity index (χ0n) is 18.8. The van der Waals surface area contributed by atoms with Gasteiger partial charge in [0.1, 0.15) is 6.54 Å². The molecule has 2 heterocycles. The smallest absolute Gasteiger partial charge is 0.292 e. The van der Waals surface area contributed by atoms with Gasteiger partial charge in [-0.2, -0.15) is 0 Å². The highest BCUT2D eigenvalue weighted by Gasteiger charge is 2.34. The summed E-state index contributed by atoms with van der Waals surface area (Å²) in [6.45, 7) is 8.41. The van der Waals surface area contributed by atoms with Crippen molar-refractivity contribution in [2.24, 2.45) is 11.3 Å². The molecule has 2 amide bonds. The van der Waals surface area contributed by atoms with Crippen LogP contribution in [-0.2, 0) is 16.1 Å². The quantitative estimate of drug-likeness (QED) is 0.588. The van der Waals surface area contributed by atoms with E-state index in [0.717, 1.165) is 50.7 Å². The number of carbonyl (C=O) groups excluding carboxylic acids is 3. The molecule has 2 unspecified atom stereocenters. The molecule has 31 heavy (non-hydrogen) atoms. The fourth-order valence-corrected chi connectivity index (χ4v) is 5.60. The summed E-state index contributed by atoms with van der Waals surface area (Å²) in [5.74, 6) is -0.508. The first kappa shape index (κ1) is 21.6. The molecule has 1 aromatic heterocycles. The van der Waals surface area contributed by atoms with Gasteiger partial charge < -0.3 is 14.8 Å². The second kappa shape index (κ2) is 8.48. The van der Waals surface area contributed by atoms with Gasteiger partial charge in [-0.15, -0.1) is 0 Å². The van der Waals surface area contributed by atoms with Gasteiger partial charge in [0, 0.05) is 36.2 Å². The highest BCUT2D eigenvalue weighted by atomic mass is 16.2. The second-order valence-corrected chi connectivity index (χ2v) is 10.2. The van der Waals surface area contributed by atoms with E-state index < -0.39 is 11.7 Å². The number of para-hydroxylation sites is 1. The van der Waals surface area contributed by atoms with Crippen LogP contribution in [0.2, 0.25) is 0 Å². The van der Waals surface area contributed by atoms with Crippen LogP contribution in [-0.4, -0.2) is 46.2 Å². The molecule has 6 heteroatoms. The SMILES string of the molecule is CC1CC(NC(=O)C(=O)c2cn(CC(=O)N3CCCC3)c3ccccc23)CC(C)(C)C1. The van der Waals surface area contributed by atoms with Crippen molar-refractivity contribution >= 4 is 28.5 Å². The zero-order valence-corrected chi connectivity index (χ0v) is 18.8. The van der Waals surface area contributed by atoms with Crippen LogP contribution in [0.5, 0.6) is 0 Å². The highest BCUT2D eigenvalue weighted by molar-refractivity contribution is 6.45. The minimum Gasteiger partial charge on any atom is -0.346 e. The summed E-state index contributed by atoms with van der Waals surface area (Å²) in [5.41, 5.74) is 1.33. The number of carbonyl (C=O) groups is 3. The van der Waals surface area contributed by atoms with Crippen LogP contribution in [0, 0.1) is 11.3 Å². The number of aromatic nitrogens is 1. The predicted molar refractivity (Wildman–Crippen MR) is 121 cm³/mol. The number of likely N-dealkylation sites (tertiary alicyclic amines) is 1. The fourth-order valence-electron chi connectivity index (χ4n) is 5.60. The first-order valence-corrected chi connectivity index (χ1v) is 11.4. The molecule has 6 nitrogen and oxygen atoms in total. The van der Waals surface area contributed by atoms with Crippen molar-refractivity contribution in [2.75, 3.05) is 13.1 Å². The Morgan fingerprint density at radius 2 is 1.81 bits per heavy atom. The molecule has 0 radical (unpaired) electrons. The van der Waals surface area contributed by atoms with Crippen LogP contribution in [0.3, 0.4) is 0 Å². The molecule has 1 saturated heterocycles. The normalized spacial score (nSPS) is 23.1. The van der Waals surface area contributed by atoms with Crippen molar-refractivity contribution in [2.45, 2.75) is 65.5 Å². The lowest BCUT2D eigenvalue weighted by atomic mass is 9.70. The molecule has 166 valence electrons. The first-order chi connectivity index (χ1) is 14.7.